The van der Waals surface area contributed by atoms with Crippen LogP contribution in [0.3, 0.4) is 0 Å². The number of carboxylic acid groups (broad SMARTS) is 2. The van der Waals surface area contributed by atoms with Crippen LogP contribution < -0.4 is 10.2 Å². The second-order valence-electron chi connectivity index (χ2n) is 6.54. The number of hydrogen-bond acceptors (Lipinski definition) is 6. The highest BCUT2D eigenvalue weighted by Gasteiger charge is 2.31. The molecule has 0 unspecified atom stereocenters. The maximum Gasteiger partial charge on any atom is 0.338 e. The lowest BCUT2D eigenvalue weighted by Crippen LogP contribution is -2.18. The van der Waals surface area contributed by atoms with E-state index in [4.69, 9.17) is 14.3 Å². The minimum absolute atomic E-state index is 0.0118. The molecule has 1 aliphatic carbocycles. The SMILES string of the molecule is COc1c2oc3ccccc3nc-2c(C(=O)O)c(-c2ccc(CC(=O)O)cc2)c1=O. The molecular formula is C22H15NO7. The summed E-state index contributed by atoms with van der Waals surface area (Å²) >= 11 is 0. The maximum absolute atomic E-state index is 13.2. The first-order chi connectivity index (χ1) is 14.4. The van der Waals surface area contributed by atoms with Crippen LogP contribution in [0.1, 0.15) is 15.9 Å². The number of ether oxygens (including phenoxy) is 1. The van der Waals surface area contributed by atoms with E-state index in [1.807, 2.05) is 0 Å². The number of carbonyl (C=O) groups is 2. The van der Waals surface area contributed by atoms with Crippen molar-refractivity contribution in [3.63, 3.8) is 0 Å². The number of carboxylic acids is 2. The van der Waals surface area contributed by atoms with Crippen LogP contribution in [-0.2, 0) is 11.2 Å². The van der Waals surface area contributed by atoms with Gasteiger partial charge in [0.15, 0.2) is 11.3 Å². The summed E-state index contributed by atoms with van der Waals surface area (Å²) in [5.74, 6) is -2.55. The molecule has 0 fully saturated rings. The van der Waals surface area contributed by atoms with Crippen molar-refractivity contribution >= 4 is 23.0 Å². The molecule has 2 aromatic rings. The standard InChI is InChI=1S/C22H15NO7/c1-29-21-19(26)16(12-8-6-11(7-9-12)10-15(24)25)17(22(27)28)18-20(21)30-14-5-3-2-4-13(14)23-18/h2-9H,10H2,1H3,(H,24,25)(H,27,28). The zero-order chi connectivity index (χ0) is 21.4. The molecule has 0 atom stereocenters. The van der Waals surface area contributed by atoms with E-state index in [1.165, 1.54) is 31.4 Å². The molecule has 8 heteroatoms. The number of aliphatic carboxylic acids is 1. The third kappa shape index (κ3) is 3.14. The molecule has 150 valence electrons. The summed E-state index contributed by atoms with van der Waals surface area (Å²) in [6.07, 6.45) is -0.191. The predicted molar refractivity (Wildman–Crippen MR) is 107 cm³/mol. The molecule has 0 spiro atoms. The topological polar surface area (TPSA) is 127 Å². The molecule has 2 aromatic carbocycles. The zero-order valence-electron chi connectivity index (χ0n) is 15.7. The third-order valence-electron chi connectivity index (χ3n) is 4.67. The van der Waals surface area contributed by atoms with Gasteiger partial charge in [0.1, 0.15) is 16.8 Å². The van der Waals surface area contributed by atoms with Crippen molar-refractivity contribution in [1.29, 1.82) is 0 Å². The quantitative estimate of drug-likeness (QED) is 0.484. The molecule has 0 amide bonds. The Balaban J connectivity index is 2.07. The molecule has 0 saturated carbocycles. The van der Waals surface area contributed by atoms with E-state index in [0.29, 0.717) is 22.2 Å². The molecule has 2 N–H and O–H groups in total. The minimum atomic E-state index is -1.35. The Morgan fingerprint density at radius 2 is 1.77 bits per heavy atom. The lowest BCUT2D eigenvalue weighted by molar-refractivity contribution is -0.136. The van der Waals surface area contributed by atoms with Crippen LogP contribution in [0.4, 0.5) is 0 Å². The fraction of sp³-hybridized carbons (Fsp3) is 0.0909. The van der Waals surface area contributed by atoms with Crippen molar-refractivity contribution in [3.8, 4) is 28.3 Å². The number of para-hydroxylation sites is 2. The van der Waals surface area contributed by atoms with Crippen molar-refractivity contribution in [2.24, 2.45) is 0 Å². The average molecular weight is 405 g/mol. The number of benzene rings is 3. The zero-order valence-corrected chi connectivity index (χ0v) is 15.7. The van der Waals surface area contributed by atoms with Gasteiger partial charge in [-0.05, 0) is 23.3 Å². The minimum Gasteiger partial charge on any atom is -0.490 e. The molecule has 0 aromatic heterocycles. The number of rotatable bonds is 5. The van der Waals surface area contributed by atoms with E-state index in [0.717, 1.165) is 0 Å². The van der Waals surface area contributed by atoms with Gasteiger partial charge in [-0.2, -0.15) is 0 Å². The first-order valence-electron chi connectivity index (χ1n) is 8.88. The first kappa shape index (κ1) is 19.1. The number of hydrogen-bond donors (Lipinski definition) is 2. The highest BCUT2D eigenvalue weighted by molar-refractivity contribution is 6.04. The van der Waals surface area contributed by atoms with Gasteiger partial charge < -0.3 is 19.4 Å². The van der Waals surface area contributed by atoms with E-state index in [-0.39, 0.29) is 34.8 Å². The van der Waals surface area contributed by atoms with Crippen LogP contribution in [-0.4, -0.2) is 34.2 Å². The highest BCUT2D eigenvalue weighted by Crippen LogP contribution is 2.38. The molecule has 30 heavy (non-hydrogen) atoms. The summed E-state index contributed by atoms with van der Waals surface area (Å²) in [7, 11) is 1.29. The van der Waals surface area contributed by atoms with Crippen LogP contribution >= 0.6 is 0 Å². The van der Waals surface area contributed by atoms with E-state index in [2.05, 4.69) is 4.98 Å². The summed E-state index contributed by atoms with van der Waals surface area (Å²) in [4.78, 5) is 40.7. The number of nitrogens with zero attached hydrogens (tertiary/aromatic N) is 1. The van der Waals surface area contributed by atoms with Gasteiger partial charge in [0, 0.05) is 0 Å². The van der Waals surface area contributed by atoms with Crippen molar-refractivity contribution in [2.45, 2.75) is 6.42 Å². The van der Waals surface area contributed by atoms with Gasteiger partial charge in [-0.25, -0.2) is 9.78 Å². The largest absolute Gasteiger partial charge is 0.490 e. The number of methoxy groups -OCH3 is 1. The second kappa shape index (κ2) is 7.32. The summed E-state index contributed by atoms with van der Waals surface area (Å²) in [5.41, 5.74) is 0.546. The second-order valence-corrected chi connectivity index (χ2v) is 6.54. The summed E-state index contributed by atoms with van der Waals surface area (Å²) in [6.45, 7) is 0. The Hall–Kier alpha value is -4.20. The van der Waals surface area contributed by atoms with Crippen molar-refractivity contribution in [1.82, 2.24) is 4.98 Å². The molecule has 1 heterocycles. The van der Waals surface area contributed by atoms with Gasteiger partial charge in [-0.3, -0.25) is 9.59 Å². The van der Waals surface area contributed by atoms with Crippen LogP contribution in [0, 0.1) is 0 Å². The van der Waals surface area contributed by atoms with Gasteiger partial charge in [-0.15, -0.1) is 0 Å². The predicted octanol–water partition coefficient (Wildman–Crippen LogP) is 3.29. The summed E-state index contributed by atoms with van der Waals surface area (Å²) in [6, 6.07) is 12.9. The van der Waals surface area contributed by atoms with E-state index in [1.54, 1.807) is 24.3 Å². The third-order valence-corrected chi connectivity index (χ3v) is 4.67. The van der Waals surface area contributed by atoms with Gasteiger partial charge in [0.05, 0.1) is 19.1 Å². The monoisotopic (exact) mass is 405 g/mol. The fourth-order valence-electron chi connectivity index (χ4n) is 3.37. The van der Waals surface area contributed by atoms with E-state index in [9.17, 15) is 19.5 Å². The fourth-order valence-corrected chi connectivity index (χ4v) is 3.37. The first-order valence-corrected chi connectivity index (χ1v) is 8.88. The van der Waals surface area contributed by atoms with Gasteiger partial charge in [0.2, 0.25) is 11.2 Å². The number of aromatic nitrogens is 1. The lowest BCUT2D eigenvalue weighted by Gasteiger charge is -2.16. The Morgan fingerprint density at radius 1 is 1.07 bits per heavy atom. The molecule has 4 rings (SSSR count). The van der Waals surface area contributed by atoms with Crippen LogP contribution in [0.15, 0.2) is 57.7 Å². The summed E-state index contributed by atoms with van der Waals surface area (Å²) < 4.78 is 11.0. The normalized spacial score (nSPS) is 11.0. The van der Waals surface area contributed by atoms with Crippen LogP contribution in [0.25, 0.3) is 33.7 Å². The lowest BCUT2D eigenvalue weighted by atomic mass is 9.93. The van der Waals surface area contributed by atoms with Crippen molar-refractivity contribution < 1.29 is 29.0 Å². The van der Waals surface area contributed by atoms with Crippen LogP contribution in [0.5, 0.6) is 5.75 Å². The number of fused-ring (bicyclic) bond motifs is 2. The number of aromatic carboxylic acids is 1. The molecule has 0 saturated heterocycles. The summed E-state index contributed by atoms with van der Waals surface area (Å²) in [5, 5.41) is 18.8. The molecular weight excluding hydrogens is 390 g/mol. The van der Waals surface area contributed by atoms with Gasteiger partial charge >= 0.3 is 11.9 Å². The Labute approximate surface area is 169 Å². The molecule has 8 nitrogen and oxygen atoms in total. The van der Waals surface area contributed by atoms with Crippen molar-refractivity contribution in [3.05, 3.63) is 69.9 Å². The molecule has 1 aliphatic heterocycles. The molecule has 0 bridgehead atoms. The van der Waals surface area contributed by atoms with E-state index < -0.39 is 17.4 Å². The van der Waals surface area contributed by atoms with Gasteiger partial charge in [-0.1, -0.05) is 36.4 Å². The molecule has 0 radical (unpaired) electrons. The molecule has 2 aliphatic rings. The van der Waals surface area contributed by atoms with Crippen molar-refractivity contribution in [2.75, 3.05) is 7.11 Å². The maximum atomic E-state index is 13.2. The van der Waals surface area contributed by atoms with E-state index >= 15 is 0 Å². The average Bonchev–Trinajstić information content (AvgIpc) is 2.72. The van der Waals surface area contributed by atoms with Gasteiger partial charge in [0.25, 0.3) is 0 Å². The Bertz CT molecular complexity index is 1320. The Morgan fingerprint density at radius 3 is 2.40 bits per heavy atom. The van der Waals surface area contributed by atoms with Crippen LogP contribution in [0.2, 0.25) is 0 Å². The Kier molecular flexibility index (Phi) is 4.67. The highest BCUT2D eigenvalue weighted by atomic mass is 16.5. The smallest absolute Gasteiger partial charge is 0.338 e.